The molecule has 3 rings (SSSR count). The molecule has 1 heterocycles. The molecule has 1 aliphatic carbocycles. The summed E-state index contributed by atoms with van der Waals surface area (Å²) < 4.78 is 0. The van der Waals surface area contributed by atoms with Gasteiger partial charge in [-0.15, -0.1) is 0 Å². The number of rotatable bonds is 4. The molecule has 1 aromatic rings. The van der Waals surface area contributed by atoms with Gasteiger partial charge in [-0.2, -0.15) is 0 Å². The molecule has 1 aromatic carbocycles. The first-order valence-electron chi connectivity index (χ1n) is 9.12. The maximum atomic E-state index is 12.3. The van der Waals surface area contributed by atoms with Crippen LogP contribution in [-0.4, -0.2) is 34.9 Å². The Hall–Kier alpha value is -1.95. The Kier molecular flexibility index (Phi) is 6.02. The Bertz CT molecular complexity index is 633. The average molecular weight is 359 g/mol. The summed E-state index contributed by atoms with van der Waals surface area (Å²) in [5.41, 5.74) is 1.45. The Balaban J connectivity index is 1.47. The van der Waals surface area contributed by atoms with Gasteiger partial charge in [0.05, 0.1) is 0 Å². The van der Waals surface area contributed by atoms with Gasteiger partial charge in [0.25, 0.3) is 5.91 Å². The van der Waals surface area contributed by atoms with Crippen molar-refractivity contribution in [2.24, 2.45) is 5.92 Å². The highest BCUT2D eigenvalue weighted by atomic mass is 32.1. The van der Waals surface area contributed by atoms with Crippen molar-refractivity contribution in [3.63, 3.8) is 0 Å². The minimum Gasteiger partial charge on any atom is -0.339 e. The van der Waals surface area contributed by atoms with Crippen molar-refractivity contribution >= 4 is 34.8 Å². The maximum absolute atomic E-state index is 12.3. The molecule has 1 aliphatic heterocycles. The molecule has 2 amide bonds. The van der Waals surface area contributed by atoms with Gasteiger partial charge in [-0.05, 0) is 68.1 Å². The van der Waals surface area contributed by atoms with Crippen LogP contribution >= 0.6 is 12.2 Å². The van der Waals surface area contributed by atoms with Crippen molar-refractivity contribution in [1.82, 2.24) is 10.2 Å². The van der Waals surface area contributed by atoms with E-state index in [4.69, 9.17) is 12.2 Å². The smallest absolute Gasteiger partial charge is 0.253 e. The monoisotopic (exact) mass is 359 g/mol. The number of thiocarbonyl (C=S) groups is 1. The highest BCUT2D eigenvalue weighted by Gasteiger charge is 2.20. The normalized spacial score (nSPS) is 17.5. The molecule has 1 saturated heterocycles. The molecule has 0 spiro atoms. The zero-order valence-corrected chi connectivity index (χ0v) is 15.2. The average Bonchev–Trinajstić information content (AvgIpc) is 3.28. The molecule has 0 bridgehead atoms. The molecule has 0 radical (unpaired) electrons. The summed E-state index contributed by atoms with van der Waals surface area (Å²) in [5.74, 6) is 0.556. The summed E-state index contributed by atoms with van der Waals surface area (Å²) >= 11 is 5.21. The van der Waals surface area contributed by atoms with Crippen molar-refractivity contribution in [3.05, 3.63) is 29.8 Å². The van der Waals surface area contributed by atoms with Crippen LogP contribution in [0.1, 0.15) is 55.3 Å². The number of likely N-dealkylation sites (tertiary alicyclic amines) is 1. The zero-order chi connectivity index (χ0) is 17.6. The van der Waals surface area contributed by atoms with Gasteiger partial charge in [0.2, 0.25) is 5.91 Å². The van der Waals surface area contributed by atoms with Crippen LogP contribution in [0, 0.1) is 5.92 Å². The van der Waals surface area contributed by atoms with Gasteiger partial charge in [-0.1, -0.05) is 12.8 Å². The summed E-state index contributed by atoms with van der Waals surface area (Å²) in [6.45, 7) is 1.69. The molecule has 0 aromatic heterocycles. The van der Waals surface area contributed by atoms with Gasteiger partial charge in [-0.3, -0.25) is 9.59 Å². The summed E-state index contributed by atoms with van der Waals surface area (Å²) in [6, 6.07) is 7.23. The lowest BCUT2D eigenvalue weighted by Crippen LogP contribution is -2.34. The van der Waals surface area contributed by atoms with E-state index in [1.807, 2.05) is 17.0 Å². The number of benzene rings is 1. The van der Waals surface area contributed by atoms with Crippen molar-refractivity contribution in [3.8, 4) is 0 Å². The van der Waals surface area contributed by atoms with Gasteiger partial charge in [0, 0.05) is 30.8 Å². The number of hydrogen-bond donors (Lipinski definition) is 2. The fraction of sp³-hybridized carbons (Fsp3) is 0.526. The molecule has 6 heteroatoms. The molecule has 25 heavy (non-hydrogen) atoms. The number of nitrogens with zero attached hydrogens (tertiary/aromatic N) is 1. The number of nitrogens with one attached hydrogen (secondary N) is 2. The minimum absolute atomic E-state index is 0.0229. The number of carbonyl (C=O) groups is 2. The predicted molar refractivity (Wildman–Crippen MR) is 103 cm³/mol. The Morgan fingerprint density at radius 2 is 1.68 bits per heavy atom. The second-order valence-corrected chi connectivity index (χ2v) is 7.34. The molecule has 5 nitrogen and oxygen atoms in total. The number of hydrogen-bond acceptors (Lipinski definition) is 3. The van der Waals surface area contributed by atoms with E-state index in [0.29, 0.717) is 23.0 Å². The first-order valence-corrected chi connectivity index (χ1v) is 9.53. The van der Waals surface area contributed by atoms with E-state index in [2.05, 4.69) is 10.6 Å². The largest absolute Gasteiger partial charge is 0.339 e. The summed E-state index contributed by atoms with van der Waals surface area (Å²) in [7, 11) is 0. The summed E-state index contributed by atoms with van der Waals surface area (Å²) in [6.07, 6.45) is 7.44. The number of anilines is 1. The van der Waals surface area contributed by atoms with Crippen molar-refractivity contribution in [1.29, 1.82) is 0 Å². The fourth-order valence-corrected chi connectivity index (χ4v) is 3.85. The Morgan fingerprint density at radius 3 is 2.32 bits per heavy atom. The van der Waals surface area contributed by atoms with Crippen LogP contribution in [0.25, 0.3) is 0 Å². The Labute approximate surface area is 154 Å². The standard InChI is InChI=1S/C19H25N3O2S/c23-17(13-14-5-1-2-6-14)21-19(25)20-16-9-7-15(8-10-16)18(24)22-11-3-4-12-22/h7-10,14H,1-6,11-13H2,(H2,20,21,23,25). The molecular weight excluding hydrogens is 334 g/mol. The van der Waals surface area contributed by atoms with Gasteiger partial charge in [0.15, 0.2) is 5.11 Å². The van der Waals surface area contributed by atoms with Crippen molar-refractivity contribution in [2.75, 3.05) is 18.4 Å². The molecule has 1 saturated carbocycles. The van der Waals surface area contributed by atoms with Crippen LogP contribution < -0.4 is 10.6 Å². The third-order valence-corrected chi connectivity index (χ3v) is 5.19. The van der Waals surface area contributed by atoms with E-state index < -0.39 is 0 Å². The molecule has 0 unspecified atom stereocenters. The first-order chi connectivity index (χ1) is 12.1. The van der Waals surface area contributed by atoms with Crippen LogP contribution in [0.2, 0.25) is 0 Å². The SMILES string of the molecule is O=C(CC1CCCC1)NC(=S)Nc1ccc(C(=O)N2CCCC2)cc1. The molecule has 0 atom stereocenters. The van der Waals surface area contributed by atoms with Crippen molar-refractivity contribution < 1.29 is 9.59 Å². The molecule has 134 valence electrons. The van der Waals surface area contributed by atoms with E-state index in [9.17, 15) is 9.59 Å². The maximum Gasteiger partial charge on any atom is 0.253 e. The molecule has 2 N–H and O–H groups in total. The number of amides is 2. The van der Waals surface area contributed by atoms with Gasteiger partial charge >= 0.3 is 0 Å². The zero-order valence-electron chi connectivity index (χ0n) is 14.4. The van der Waals surface area contributed by atoms with Gasteiger partial charge in [-0.25, -0.2) is 0 Å². The van der Waals surface area contributed by atoms with E-state index in [0.717, 1.165) is 44.5 Å². The van der Waals surface area contributed by atoms with Gasteiger partial charge < -0.3 is 15.5 Å². The van der Waals surface area contributed by atoms with E-state index >= 15 is 0 Å². The highest BCUT2D eigenvalue weighted by Crippen LogP contribution is 2.27. The third-order valence-electron chi connectivity index (χ3n) is 4.98. The second kappa shape index (κ2) is 8.43. The van der Waals surface area contributed by atoms with Crippen LogP contribution in [0.5, 0.6) is 0 Å². The molecule has 2 fully saturated rings. The number of carbonyl (C=O) groups excluding carboxylic acids is 2. The van der Waals surface area contributed by atoms with Crippen LogP contribution in [0.15, 0.2) is 24.3 Å². The lowest BCUT2D eigenvalue weighted by molar-refractivity contribution is -0.120. The molecule has 2 aliphatic rings. The second-order valence-electron chi connectivity index (χ2n) is 6.93. The predicted octanol–water partition coefficient (Wildman–Crippen LogP) is 3.32. The topological polar surface area (TPSA) is 61.4 Å². The van der Waals surface area contributed by atoms with Crippen LogP contribution in [-0.2, 0) is 4.79 Å². The van der Waals surface area contributed by atoms with Gasteiger partial charge in [0.1, 0.15) is 0 Å². The van der Waals surface area contributed by atoms with Crippen molar-refractivity contribution in [2.45, 2.75) is 44.9 Å². The van der Waals surface area contributed by atoms with E-state index in [1.54, 1.807) is 12.1 Å². The Morgan fingerprint density at radius 1 is 1.04 bits per heavy atom. The summed E-state index contributed by atoms with van der Waals surface area (Å²) in [4.78, 5) is 26.2. The fourth-order valence-electron chi connectivity index (χ4n) is 3.62. The van der Waals surface area contributed by atoms with E-state index in [-0.39, 0.29) is 11.8 Å². The lowest BCUT2D eigenvalue weighted by atomic mass is 10.0. The highest BCUT2D eigenvalue weighted by molar-refractivity contribution is 7.80. The third kappa shape index (κ3) is 5.01. The van der Waals surface area contributed by atoms with Crippen LogP contribution in [0.4, 0.5) is 5.69 Å². The lowest BCUT2D eigenvalue weighted by Gasteiger charge is -2.16. The minimum atomic E-state index is -0.0229. The first kappa shape index (κ1) is 17.9. The van der Waals surface area contributed by atoms with E-state index in [1.165, 1.54) is 12.8 Å². The molecular formula is C19H25N3O2S. The van der Waals surface area contributed by atoms with Crippen LogP contribution in [0.3, 0.4) is 0 Å². The summed E-state index contributed by atoms with van der Waals surface area (Å²) in [5, 5.41) is 6.06. The quantitative estimate of drug-likeness (QED) is 0.810.